The molecular weight excluding hydrogens is 260 g/mol. The Kier molecular flexibility index (Phi) is 4.57. The average Bonchev–Trinajstić information content (AvgIpc) is 2.94. The first-order valence-electron chi connectivity index (χ1n) is 6.48. The quantitative estimate of drug-likeness (QED) is 0.904. The van der Waals surface area contributed by atoms with E-state index in [1.807, 2.05) is 6.07 Å². The number of likely N-dealkylation sites (tertiary alicyclic amines) is 1. The van der Waals surface area contributed by atoms with Gasteiger partial charge >= 0.3 is 12.0 Å². The van der Waals surface area contributed by atoms with Crippen molar-refractivity contribution in [2.45, 2.75) is 12.5 Å². The van der Waals surface area contributed by atoms with Gasteiger partial charge in [0.05, 0.1) is 6.10 Å². The van der Waals surface area contributed by atoms with Gasteiger partial charge in [0.25, 0.3) is 0 Å². The third kappa shape index (κ3) is 3.27. The van der Waals surface area contributed by atoms with Gasteiger partial charge in [0.15, 0.2) is 0 Å². The first-order valence-corrected chi connectivity index (χ1v) is 6.48. The van der Waals surface area contributed by atoms with Crippen molar-refractivity contribution in [3.8, 4) is 0 Å². The zero-order valence-electron chi connectivity index (χ0n) is 11.4. The first kappa shape index (κ1) is 14.3. The number of amides is 2. The Bertz CT molecular complexity index is 477. The largest absolute Gasteiger partial charge is 0.480 e. The molecule has 0 radical (unpaired) electrons. The predicted molar refractivity (Wildman–Crippen MR) is 73.8 cm³/mol. The van der Waals surface area contributed by atoms with Crippen molar-refractivity contribution in [1.82, 2.24) is 4.90 Å². The van der Waals surface area contributed by atoms with Gasteiger partial charge in [-0.25, -0.2) is 4.79 Å². The van der Waals surface area contributed by atoms with Gasteiger partial charge in [-0.2, -0.15) is 0 Å². The third-order valence-electron chi connectivity index (χ3n) is 3.34. The maximum atomic E-state index is 12.5. The highest BCUT2D eigenvalue weighted by Crippen LogP contribution is 2.19. The fraction of sp³-hybridized carbons (Fsp3) is 0.429. The molecule has 0 spiro atoms. The fourth-order valence-electron chi connectivity index (χ4n) is 2.28. The van der Waals surface area contributed by atoms with Crippen molar-refractivity contribution in [2.24, 2.45) is 0 Å². The van der Waals surface area contributed by atoms with Crippen molar-refractivity contribution < 1.29 is 19.4 Å². The molecule has 1 heterocycles. The van der Waals surface area contributed by atoms with E-state index in [4.69, 9.17) is 9.84 Å². The number of carbonyl (C=O) groups excluding carboxylic acids is 1. The lowest BCUT2D eigenvalue weighted by atomic mass is 10.3. The molecule has 108 valence electrons. The van der Waals surface area contributed by atoms with E-state index in [9.17, 15) is 9.59 Å². The van der Waals surface area contributed by atoms with Gasteiger partial charge in [-0.1, -0.05) is 18.2 Å². The molecule has 1 N–H and O–H groups in total. The van der Waals surface area contributed by atoms with E-state index in [0.29, 0.717) is 18.8 Å². The summed E-state index contributed by atoms with van der Waals surface area (Å²) in [7, 11) is 1.62. The molecule has 0 aliphatic carbocycles. The first-order chi connectivity index (χ1) is 9.61. The van der Waals surface area contributed by atoms with Crippen molar-refractivity contribution in [2.75, 3.05) is 31.6 Å². The Labute approximate surface area is 117 Å². The van der Waals surface area contributed by atoms with Crippen molar-refractivity contribution in [3.63, 3.8) is 0 Å². The minimum absolute atomic E-state index is 0.0291. The molecule has 1 unspecified atom stereocenters. The lowest BCUT2D eigenvalue weighted by Crippen LogP contribution is -2.45. The van der Waals surface area contributed by atoms with Gasteiger partial charge in [0.2, 0.25) is 0 Å². The topological polar surface area (TPSA) is 70.1 Å². The zero-order valence-corrected chi connectivity index (χ0v) is 11.4. The van der Waals surface area contributed by atoms with Crippen LogP contribution < -0.4 is 4.90 Å². The van der Waals surface area contributed by atoms with Crippen LogP contribution in [0.25, 0.3) is 0 Å². The van der Waals surface area contributed by atoms with Crippen LogP contribution in [0.2, 0.25) is 0 Å². The molecule has 0 bridgehead atoms. The van der Waals surface area contributed by atoms with E-state index in [1.54, 1.807) is 36.3 Å². The minimum atomic E-state index is -1.04. The van der Waals surface area contributed by atoms with Gasteiger partial charge in [0, 0.05) is 25.9 Å². The molecule has 0 saturated carbocycles. The molecule has 1 aromatic carbocycles. The number of hydrogen-bond acceptors (Lipinski definition) is 3. The van der Waals surface area contributed by atoms with Crippen LogP contribution in [0, 0.1) is 0 Å². The van der Waals surface area contributed by atoms with Crippen LogP contribution in [0.15, 0.2) is 30.3 Å². The second kappa shape index (κ2) is 6.38. The highest BCUT2D eigenvalue weighted by Gasteiger charge is 2.30. The van der Waals surface area contributed by atoms with Crippen molar-refractivity contribution in [1.29, 1.82) is 0 Å². The number of methoxy groups -OCH3 is 1. The number of urea groups is 1. The molecule has 6 heteroatoms. The molecule has 1 fully saturated rings. The number of carboxylic acids is 1. The fourth-order valence-corrected chi connectivity index (χ4v) is 2.28. The number of benzene rings is 1. The average molecular weight is 278 g/mol. The Morgan fingerprint density at radius 3 is 2.65 bits per heavy atom. The number of nitrogens with zero attached hydrogens (tertiary/aromatic N) is 2. The summed E-state index contributed by atoms with van der Waals surface area (Å²) in [5.74, 6) is -1.04. The number of anilines is 1. The second-order valence-corrected chi connectivity index (χ2v) is 4.69. The van der Waals surface area contributed by atoms with Crippen LogP contribution in [0.4, 0.5) is 10.5 Å². The number of para-hydroxylation sites is 1. The van der Waals surface area contributed by atoms with Crippen molar-refractivity contribution >= 4 is 17.7 Å². The minimum Gasteiger partial charge on any atom is -0.480 e. The summed E-state index contributed by atoms with van der Waals surface area (Å²) in [5.41, 5.74) is 0.584. The van der Waals surface area contributed by atoms with E-state index < -0.39 is 5.97 Å². The summed E-state index contributed by atoms with van der Waals surface area (Å²) in [4.78, 5) is 26.4. The zero-order chi connectivity index (χ0) is 14.5. The maximum Gasteiger partial charge on any atom is 0.325 e. The molecule has 1 saturated heterocycles. The third-order valence-corrected chi connectivity index (χ3v) is 3.34. The standard InChI is InChI=1S/C14H18N2O4/c1-20-12-7-8-15(9-12)14(19)16(10-13(17)18)11-5-3-2-4-6-11/h2-6,12H,7-10H2,1H3,(H,17,18). The van der Waals surface area contributed by atoms with Gasteiger partial charge in [-0.05, 0) is 18.6 Å². The number of carboxylic acid groups (broad SMARTS) is 1. The van der Waals surface area contributed by atoms with Crippen LogP contribution in [-0.4, -0.2) is 54.9 Å². The lowest BCUT2D eigenvalue weighted by molar-refractivity contribution is -0.135. The van der Waals surface area contributed by atoms with E-state index >= 15 is 0 Å². The maximum absolute atomic E-state index is 12.5. The van der Waals surface area contributed by atoms with E-state index in [-0.39, 0.29) is 18.7 Å². The SMILES string of the molecule is COC1CCN(C(=O)N(CC(=O)O)c2ccccc2)C1. The summed E-state index contributed by atoms with van der Waals surface area (Å²) in [6.07, 6.45) is 0.805. The summed E-state index contributed by atoms with van der Waals surface area (Å²) in [6.45, 7) is 0.732. The van der Waals surface area contributed by atoms with Crippen LogP contribution >= 0.6 is 0 Å². The Morgan fingerprint density at radius 2 is 2.10 bits per heavy atom. The van der Waals surface area contributed by atoms with Gasteiger partial charge in [-0.15, -0.1) is 0 Å². The lowest BCUT2D eigenvalue weighted by Gasteiger charge is -2.26. The Hall–Kier alpha value is -2.08. The molecule has 0 aromatic heterocycles. The molecule has 20 heavy (non-hydrogen) atoms. The molecule has 2 rings (SSSR count). The van der Waals surface area contributed by atoms with Crippen LogP contribution in [0.3, 0.4) is 0 Å². The molecule has 1 aromatic rings. The van der Waals surface area contributed by atoms with Crippen molar-refractivity contribution in [3.05, 3.63) is 30.3 Å². The van der Waals surface area contributed by atoms with Gasteiger partial charge in [0.1, 0.15) is 6.54 Å². The van der Waals surface area contributed by atoms with Crippen LogP contribution in [0.5, 0.6) is 0 Å². The number of ether oxygens (including phenoxy) is 1. The highest BCUT2D eigenvalue weighted by molar-refractivity contribution is 5.96. The highest BCUT2D eigenvalue weighted by atomic mass is 16.5. The molecule has 1 aliphatic rings. The number of rotatable bonds is 4. The van der Waals surface area contributed by atoms with E-state index in [2.05, 4.69) is 0 Å². The van der Waals surface area contributed by atoms with Gasteiger partial charge in [-0.3, -0.25) is 9.69 Å². The molecule has 1 atom stereocenters. The molecular formula is C14H18N2O4. The number of carbonyl (C=O) groups is 2. The normalized spacial score (nSPS) is 18.1. The number of aliphatic carboxylic acids is 1. The Morgan fingerprint density at radius 1 is 1.40 bits per heavy atom. The monoisotopic (exact) mass is 278 g/mol. The number of hydrogen-bond donors (Lipinski definition) is 1. The molecule has 6 nitrogen and oxygen atoms in total. The Balaban J connectivity index is 2.15. The van der Waals surface area contributed by atoms with Crippen LogP contribution in [0.1, 0.15) is 6.42 Å². The van der Waals surface area contributed by atoms with E-state index in [1.165, 1.54) is 4.90 Å². The van der Waals surface area contributed by atoms with Crippen LogP contribution in [-0.2, 0) is 9.53 Å². The molecule has 1 aliphatic heterocycles. The summed E-state index contributed by atoms with van der Waals surface area (Å²) < 4.78 is 5.23. The summed E-state index contributed by atoms with van der Waals surface area (Å²) in [6, 6.07) is 8.54. The van der Waals surface area contributed by atoms with E-state index in [0.717, 1.165) is 6.42 Å². The molecule has 2 amide bonds. The smallest absolute Gasteiger partial charge is 0.325 e. The second-order valence-electron chi connectivity index (χ2n) is 4.69. The summed E-state index contributed by atoms with van der Waals surface area (Å²) >= 11 is 0. The summed E-state index contributed by atoms with van der Waals surface area (Å²) in [5, 5.41) is 9.00. The van der Waals surface area contributed by atoms with Gasteiger partial charge < -0.3 is 14.7 Å². The predicted octanol–water partition coefficient (Wildman–Crippen LogP) is 1.42.